The van der Waals surface area contributed by atoms with Crippen molar-refractivity contribution in [1.82, 2.24) is 9.80 Å². The zero-order valence-electron chi connectivity index (χ0n) is 15.5. The van der Waals surface area contributed by atoms with Gasteiger partial charge in [-0.1, -0.05) is 42.5 Å². The Morgan fingerprint density at radius 3 is 2.33 bits per heavy atom. The molecule has 1 amide bonds. The van der Waals surface area contributed by atoms with Crippen LogP contribution in [0.2, 0.25) is 0 Å². The van der Waals surface area contributed by atoms with Crippen molar-refractivity contribution in [3.8, 4) is 0 Å². The summed E-state index contributed by atoms with van der Waals surface area (Å²) in [6.45, 7) is 3.15. The van der Waals surface area contributed by atoms with Crippen LogP contribution in [0.15, 0.2) is 54.6 Å². The lowest BCUT2D eigenvalue weighted by atomic mass is 9.75. The highest BCUT2D eigenvalue weighted by molar-refractivity contribution is 5.95. The number of likely N-dealkylation sites (tertiary alicyclic amines) is 1. The number of amides is 1. The van der Waals surface area contributed by atoms with Crippen molar-refractivity contribution in [2.45, 2.75) is 37.5 Å². The molecule has 4 nitrogen and oxygen atoms in total. The zero-order valence-corrected chi connectivity index (χ0v) is 15.5. The summed E-state index contributed by atoms with van der Waals surface area (Å²) in [6.07, 6.45) is 2.41. The van der Waals surface area contributed by atoms with E-state index in [0.717, 1.165) is 17.7 Å². The third-order valence-electron chi connectivity index (χ3n) is 6.87. The summed E-state index contributed by atoms with van der Waals surface area (Å²) in [6, 6.07) is 18.9. The van der Waals surface area contributed by atoms with Gasteiger partial charge >= 0.3 is 0 Å². The Morgan fingerprint density at radius 2 is 1.67 bits per heavy atom. The van der Waals surface area contributed by atoms with E-state index in [0.29, 0.717) is 23.9 Å². The molecule has 140 valence electrons. The van der Waals surface area contributed by atoms with Crippen LogP contribution in [0.5, 0.6) is 0 Å². The molecule has 4 aliphatic heterocycles. The lowest BCUT2D eigenvalue weighted by molar-refractivity contribution is -0.00340. The molecule has 1 N–H and O–H groups in total. The van der Waals surface area contributed by atoms with Gasteiger partial charge in [-0.25, -0.2) is 0 Å². The molecular weight excluding hydrogens is 336 g/mol. The number of fused-ring (bicyclic) bond motifs is 2. The highest BCUT2D eigenvalue weighted by Crippen LogP contribution is 2.46. The fourth-order valence-electron chi connectivity index (χ4n) is 5.57. The minimum absolute atomic E-state index is 0.00992. The van der Waals surface area contributed by atoms with Crippen molar-refractivity contribution in [2.24, 2.45) is 5.92 Å². The first-order valence-electron chi connectivity index (χ1n) is 10.1. The fraction of sp³-hybridized carbons (Fsp3) is 0.435. The maximum Gasteiger partial charge on any atom is 0.254 e. The molecule has 0 aromatic heterocycles. The largest absolute Gasteiger partial charge is 0.392 e. The van der Waals surface area contributed by atoms with Crippen molar-refractivity contribution in [3.63, 3.8) is 0 Å². The standard InChI is InChI=1S/C23H26N2O2/c26-15-16-6-8-19(9-7-16)23(27)25-14-20(17-4-2-1-3-5-17)22-21(25)18-10-12-24(22)13-11-18/h1-9,18,20-22,26H,10-15H2/t20-,21-,22-/m1/s1. The molecule has 4 heterocycles. The van der Waals surface area contributed by atoms with Crippen LogP contribution in [0.1, 0.15) is 40.2 Å². The molecule has 0 spiro atoms. The molecule has 6 rings (SSSR count). The average molecular weight is 362 g/mol. The van der Waals surface area contributed by atoms with Crippen LogP contribution in [0.3, 0.4) is 0 Å². The SMILES string of the molecule is O=C(c1ccc(CO)cc1)N1C[C@H](c2ccccc2)[C@@H]2[C@H]1C1CCN2CC1. The molecule has 27 heavy (non-hydrogen) atoms. The highest BCUT2D eigenvalue weighted by Gasteiger charge is 2.54. The zero-order chi connectivity index (χ0) is 18.4. The molecule has 2 bridgehead atoms. The fourth-order valence-corrected chi connectivity index (χ4v) is 5.57. The molecule has 4 aliphatic rings. The van der Waals surface area contributed by atoms with Gasteiger partial charge in [-0.05, 0) is 55.1 Å². The Balaban J connectivity index is 1.49. The number of nitrogens with zero attached hydrogens (tertiary/aromatic N) is 2. The molecule has 0 saturated carbocycles. The Hall–Kier alpha value is -2.17. The van der Waals surface area contributed by atoms with E-state index in [-0.39, 0.29) is 12.5 Å². The van der Waals surface area contributed by atoms with Crippen LogP contribution in [-0.2, 0) is 6.61 Å². The second-order valence-electron chi connectivity index (χ2n) is 8.18. The quantitative estimate of drug-likeness (QED) is 0.913. The third-order valence-corrected chi connectivity index (χ3v) is 6.87. The number of rotatable bonds is 3. The van der Waals surface area contributed by atoms with Crippen molar-refractivity contribution in [1.29, 1.82) is 0 Å². The van der Waals surface area contributed by atoms with Crippen LogP contribution >= 0.6 is 0 Å². The third kappa shape index (κ3) is 2.79. The number of piperidine rings is 3. The number of benzene rings is 2. The second-order valence-corrected chi connectivity index (χ2v) is 8.18. The molecule has 2 aromatic carbocycles. The Kier molecular flexibility index (Phi) is 4.25. The van der Waals surface area contributed by atoms with Crippen LogP contribution in [0.25, 0.3) is 0 Å². The van der Waals surface area contributed by atoms with Crippen LogP contribution in [-0.4, -0.2) is 52.5 Å². The van der Waals surface area contributed by atoms with Gasteiger partial charge in [0.15, 0.2) is 0 Å². The minimum Gasteiger partial charge on any atom is -0.392 e. The van der Waals surface area contributed by atoms with Gasteiger partial charge in [0.1, 0.15) is 0 Å². The van der Waals surface area contributed by atoms with E-state index >= 15 is 0 Å². The second kappa shape index (κ2) is 6.77. The number of carbonyl (C=O) groups excluding carboxylic acids is 1. The van der Waals surface area contributed by atoms with E-state index in [2.05, 4.69) is 40.1 Å². The van der Waals surface area contributed by atoms with Gasteiger partial charge in [-0.15, -0.1) is 0 Å². The van der Waals surface area contributed by atoms with E-state index < -0.39 is 0 Å². The molecule has 4 fully saturated rings. The summed E-state index contributed by atoms with van der Waals surface area (Å²) < 4.78 is 0. The van der Waals surface area contributed by atoms with Crippen LogP contribution in [0, 0.1) is 5.92 Å². The summed E-state index contributed by atoms with van der Waals surface area (Å²) >= 11 is 0. The maximum atomic E-state index is 13.4. The van der Waals surface area contributed by atoms with E-state index in [1.165, 1.54) is 31.5 Å². The van der Waals surface area contributed by atoms with Gasteiger partial charge < -0.3 is 10.0 Å². The van der Waals surface area contributed by atoms with Crippen molar-refractivity contribution in [2.75, 3.05) is 19.6 Å². The molecule has 4 heteroatoms. The first-order valence-corrected chi connectivity index (χ1v) is 10.1. The topological polar surface area (TPSA) is 43.8 Å². The number of aliphatic hydroxyl groups is 1. The van der Waals surface area contributed by atoms with Gasteiger partial charge in [-0.2, -0.15) is 0 Å². The predicted octanol–water partition coefficient (Wildman–Crippen LogP) is 2.88. The van der Waals surface area contributed by atoms with E-state index in [1.54, 1.807) is 0 Å². The predicted molar refractivity (Wildman–Crippen MR) is 104 cm³/mol. The molecule has 3 atom stereocenters. The Labute approximate surface area is 160 Å². The number of hydrogen-bond donors (Lipinski definition) is 1. The average Bonchev–Trinajstić information content (AvgIpc) is 3.18. The highest BCUT2D eigenvalue weighted by atomic mass is 16.3. The van der Waals surface area contributed by atoms with Gasteiger partial charge in [0.25, 0.3) is 5.91 Å². The number of hydrogen-bond acceptors (Lipinski definition) is 3. The van der Waals surface area contributed by atoms with E-state index in [9.17, 15) is 9.90 Å². The maximum absolute atomic E-state index is 13.4. The molecule has 2 aromatic rings. The van der Waals surface area contributed by atoms with E-state index in [4.69, 9.17) is 0 Å². The van der Waals surface area contributed by atoms with Crippen LogP contribution < -0.4 is 0 Å². The smallest absolute Gasteiger partial charge is 0.254 e. The van der Waals surface area contributed by atoms with Crippen molar-refractivity contribution in [3.05, 3.63) is 71.3 Å². The normalized spacial score (nSPS) is 31.7. The van der Waals surface area contributed by atoms with Gasteiger partial charge in [-0.3, -0.25) is 9.69 Å². The molecular formula is C23H26N2O2. The molecule has 4 saturated heterocycles. The Morgan fingerprint density at radius 1 is 0.963 bits per heavy atom. The summed E-state index contributed by atoms with van der Waals surface area (Å²) in [5.74, 6) is 1.15. The van der Waals surface area contributed by atoms with Gasteiger partial charge in [0, 0.05) is 24.1 Å². The summed E-state index contributed by atoms with van der Waals surface area (Å²) in [5, 5.41) is 9.26. The molecule has 0 aliphatic carbocycles. The molecule has 0 radical (unpaired) electrons. The summed E-state index contributed by atoms with van der Waals surface area (Å²) in [7, 11) is 0. The molecule has 0 unspecified atom stereocenters. The summed E-state index contributed by atoms with van der Waals surface area (Å²) in [5.41, 5.74) is 2.93. The lowest BCUT2D eigenvalue weighted by Crippen LogP contribution is -2.60. The number of carbonyl (C=O) groups is 1. The lowest BCUT2D eigenvalue weighted by Gasteiger charge is -2.51. The monoisotopic (exact) mass is 362 g/mol. The minimum atomic E-state index is 0.00992. The first-order chi connectivity index (χ1) is 13.3. The summed E-state index contributed by atoms with van der Waals surface area (Å²) in [4.78, 5) is 18.2. The van der Waals surface area contributed by atoms with Gasteiger partial charge in [0.2, 0.25) is 0 Å². The van der Waals surface area contributed by atoms with Crippen molar-refractivity contribution >= 4 is 5.91 Å². The van der Waals surface area contributed by atoms with Gasteiger partial charge in [0.05, 0.1) is 12.6 Å². The first kappa shape index (κ1) is 17.0. The van der Waals surface area contributed by atoms with Crippen LogP contribution in [0.4, 0.5) is 0 Å². The number of aliphatic hydroxyl groups excluding tert-OH is 1. The van der Waals surface area contributed by atoms with Crippen molar-refractivity contribution < 1.29 is 9.90 Å². The Bertz CT molecular complexity index is 812. The van der Waals surface area contributed by atoms with E-state index in [1.807, 2.05) is 24.3 Å².